The molecule has 143 heavy (non-hydrogen) atoms. The highest BCUT2D eigenvalue weighted by atomic mass is 16.4. The van der Waals surface area contributed by atoms with Crippen LogP contribution in [0.5, 0.6) is 11.5 Å². The molecule has 23 amide bonds. The fraction of sp³-hybridized carbons (Fsp3) is 0.600. The van der Waals surface area contributed by atoms with Crippen LogP contribution in [0.4, 0.5) is 9.59 Å². The van der Waals surface area contributed by atoms with E-state index in [1.165, 1.54) is 62.4 Å². The van der Waals surface area contributed by atoms with Crippen LogP contribution in [0.15, 0.2) is 48.5 Å². The van der Waals surface area contributed by atoms with E-state index in [1.807, 2.05) is 5.32 Å². The summed E-state index contributed by atoms with van der Waals surface area (Å²) >= 11 is 0. The zero-order valence-corrected chi connectivity index (χ0v) is 79.7. The van der Waals surface area contributed by atoms with E-state index in [1.54, 1.807) is 13.8 Å². The van der Waals surface area contributed by atoms with Crippen molar-refractivity contribution in [3.8, 4) is 11.5 Å². The van der Waals surface area contributed by atoms with Crippen molar-refractivity contribution < 1.29 is 167 Å². The van der Waals surface area contributed by atoms with Gasteiger partial charge in [0.2, 0.25) is 112 Å². The van der Waals surface area contributed by atoms with Crippen LogP contribution in [0, 0.1) is 11.8 Å². The summed E-state index contributed by atoms with van der Waals surface area (Å²) in [5, 5.41) is 166. The second kappa shape index (κ2) is 62.0. The Morgan fingerprint density at radius 1 is 0.357 bits per heavy atom. The lowest BCUT2D eigenvalue weighted by atomic mass is 10.0. The van der Waals surface area contributed by atoms with E-state index < -0.39 is 329 Å². The molecule has 0 radical (unpaired) electrons. The molecule has 38 N–H and O–H groups in total. The van der Waals surface area contributed by atoms with E-state index in [4.69, 9.17) is 17.2 Å². The number of aliphatic hydroxyl groups is 9. The van der Waals surface area contributed by atoms with Crippen LogP contribution >= 0.6 is 0 Å². The molecule has 20 atom stereocenters. The van der Waals surface area contributed by atoms with E-state index >= 15 is 0 Å². The van der Waals surface area contributed by atoms with Gasteiger partial charge in [0.1, 0.15) is 120 Å². The molecule has 1 saturated heterocycles. The van der Waals surface area contributed by atoms with Gasteiger partial charge < -0.3 is 190 Å². The average Bonchev–Trinajstić information content (AvgIpc) is 1.71. The molecule has 58 nitrogen and oxygen atoms in total. The van der Waals surface area contributed by atoms with Gasteiger partial charge in [-0.25, -0.2) is 14.4 Å². The molecule has 58 heteroatoms. The van der Waals surface area contributed by atoms with Crippen LogP contribution in [-0.4, -0.2) is 396 Å². The Balaban J connectivity index is 1.72. The van der Waals surface area contributed by atoms with Gasteiger partial charge in [-0.05, 0) is 120 Å². The summed E-state index contributed by atoms with van der Waals surface area (Å²) in [7, 11) is 0. The first kappa shape index (κ1) is 123. The Kier molecular flexibility index (Phi) is 53.2. The molecule has 2 aromatic carbocycles. The molecule has 1 fully saturated rings. The number of aromatic hydroxyl groups is 2. The third kappa shape index (κ3) is 42.5. The van der Waals surface area contributed by atoms with Gasteiger partial charge in [0, 0.05) is 32.5 Å². The molecule has 0 unspecified atom stereocenters. The largest absolute Gasteiger partial charge is 0.508 e. The summed E-state index contributed by atoms with van der Waals surface area (Å²) in [6.07, 6.45) is -5.14. The highest BCUT2D eigenvalue weighted by Gasteiger charge is 2.43. The van der Waals surface area contributed by atoms with Crippen molar-refractivity contribution in [2.24, 2.45) is 29.0 Å². The minimum absolute atomic E-state index is 0.0311. The Morgan fingerprint density at radius 2 is 0.685 bits per heavy atom. The number of carboxylic acid groups (broad SMARTS) is 1. The lowest BCUT2D eigenvalue weighted by Crippen LogP contribution is -2.62. The number of nitrogens with zero attached hydrogens (tertiary/aromatic N) is 1. The van der Waals surface area contributed by atoms with Crippen LogP contribution in [-0.2, 0) is 109 Å². The number of nitrogens with one attached hydrogen (secondary N) is 20. The SMILES string of the molecule is CC(C)C[C@H](NC(=O)[C@H](CO)NC(=O)[C@H](CCCNC(N)=O)NC(=O)[C@H](CO)NC(=O)[C@@H](NC(=O)[C@@H](N)CO)[C@@H](C)O)C(=O)N[C@@H](Cc1ccc(O)cc1)C(=O)N[C@@H](C)C(=O)N[C@@H](CO)C(=O)N[C@@H](CO)C(=O)N1CCC[C@H]1C(=O)NCC(=O)NCC(=O)N[C@H](C(=O)N[C@@H](Cc1ccc(O)cc1)C(=O)N[C@@H](C)C(=O)N[C@H](C(=O)N[C@@H](CCCNC(N)=O)C(=O)N[C@@H](CO)C(=O)N[C@@H](CO)C(=O)O)[C@@H](C)O)C(C)C. The zero-order chi connectivity index (χ0) is 108. The number of phenols is 2. The first-order valence-corrected chi connectivity index (χ1v) is 45.2. The number of aliphatic carboxylic acids is 1. The maximum Gasteiger partial charge on any atom is 0.328 e. The molecule has 0 spiro atoms. The summed E-state index contributed by atoms with van der Waals surface area (Å²) in [6, 6.07) is -22.4. The molecule has 0 aromatic heterocycles. The highest BCUT2D eigenvalue weighted by molar-refractivity contribution is 6.02. The first-order chi connectivity index (χ1) is 67.3. The number of benzene rings is 2. The summed E-state index contributed by atoms with van der Waals surface area (Å²) in [5.74, 6) is -24.8. The average molecular weight is 2040 g/mol. The minimum Gasteiger partial charge on any atom is -0.508 e. The van der Waals surface area contributed by atoms with Gasteiger partial charge in [0.25, 0.3) is 0 Å². The quantitative estimate of drug-likeness (QED) is 0.0274. The number of nitrogens with two attached hydrogens (primary N) is 3. The topological polar surface area (TPSA) is 940 Å². The number of likely N-dealkylation sites (tertiary alicyclic amines) is 1. The number of carbonyl (C=O) groups excluding carboxylic acids is 21. The van der Waals surface area contributed by atoms with Crippen LogP contribution in [0.1, 0.15) is 111 Å². The first-order valence-electron chi connectivity index (χ1n) is 45.2. The second-order valence-electron chi connectivity index (χ2n) is 34.0. The number of primary amides is 2. The molecule has 0 aliphatic carbocycles. The second-order valence-corrected chi connectivity index (χ2v) is 34.0. The third-order valence-corrected chi connectivity index (χ3v) is 21.6. The highest BCUT2D eigenvalue weighted by Crippen LogP contribution is 2.21. The number of carbonyl (C=O) groups is 22. The fourth-order valence-electron chi connectivity index (χ4n) is 13.5. The maximum atomic E-state index is 14.4. The van der Waals surface area contributed by atoms with Gasteiger partial charge >= 0.3 is 18.0 Å². The van der Waals surface area contributed by atoms with Gasteiger partial charge in [-0.3, -0.25) is 91.1 Å². The van der Waals surface area contributed by atoms with E-state index in [2.05, 4.69) is 101 Å². The van der Waals surface area contributed by atoms with Crippen LogP contribution in [0.25, 0.3) is 0 Å². The van der Waals surface area contributed by atoms with Gasteiger partial charge in [0.15, 0.2) is 0 Å². The van der Waals surface area contributed by atoms with Crippen LogP contribution in [0.3, 0.4) is 0 Å². The number of hydrogen-bond acceptors (Lipinski definition) is 34. The predicted molar refractivity (Wildman–Crippen MR) is 493 cm³/mol. The summed E-state index contributed by atoms with van der Waals surface area (Å²) in [5.41, 5.74) is 16.4. The molecule has 1 heterocycles. The smallest absolute Gasteiger partial charge is 0.328 e. The number of carboxylic acids is 1. The molecule has 2 aromatic rings. The van der Waals surface area contributed by atoms with E-state index in [-0.39, 0.29) is 82.5 Å². The van der Waals surface area contributed by atoms with Crippen molar-refractivity contribution in [2.75, 3.05) is 79.0 Å². The number of hydrogen-bond donors (Lipinski definition) is 35. The predicted octanol–water partition coefficient (Wildman–Crippen LogP) is -16.4. The molecule has 3 rings (SSSR count). The van der Waals surface area contributed by atoms with Crippen LogP contribution < -0.4 is 124 Å². The van der Waals surface area contributed by atoms with Crippen molar-refractivity contribution >= 4 is 130 Å². The van der Waals surface area contributed by atoms with Crippen molar-refractivity contribution in [1.82, 2.24) is 111 Å². The number of urea groups is 2. The molecule has 0 bridgehead atoms. The summed E-state index contributed by atoms with van der Waals surface area (Å²) in [6.45, 7) is 0.728. The number of rotatable bonds is 62. The van der Waals surface area contributed by atoms with Gasteiger partial charge in [-0.2, -0.15) is 0 Å². The third-order valence-electron chi connectivity index (χ3n) is 21.6. The van der Waals surface area contributed by atoms with Crippen molar-refractivity contribution in [3.63, 3.8) is 0 Å². The van der Waals surface area contributed by atoms with Crippen molar-refractivity contribution in [2.45, 2.75) is 234 Å². The maximum absolute atomic E-state index is 14.4. The van der Waals surface area contributed by atoms with Gasteiger partial charge in [0.05, 0.1) is 71.5 Å². The van der Waals surface area contributed by atoms with Gasteiger partial charge in [-0.1, -0.05) is 52.0 Å². The molecule has 798 valence electrons. The zero-order valence-electron chi connectivity index (χ0n) is 79.7. The lowest BCUT2D eigenvalue weighted by molar-refractivity contribution is -0.143. The number of aliphatic hydroxyl groups excluding tert-OH is 9. The lowest BCUT2D eigenvalue weighted by Gasteiger charge is -2.29. The Hall–Kier alpha value is -14.4. The van der Waals surface area contributed by atoms with Crippen molar-refractivity contribution in [3.05, 3.63) is 59.7 Å². The molecular weight excluding hydrogens is 1900 g/mol. The minimum atomic E-state index is -1.93. The fourth-order valence-corrected chi connectivity index (χ4v) is 13.5. The Bertz CT molecular complexity index is 4690. The molecule has 1 aliphatic rings. The normalized spacial score (nSPS) is 16.2. The van der Waals surface area contributed by atoms with Crippen molar-refractivity contribution in [1.29, 1.82) is 0 Å². The number of amides is 23. The van der Waals surface area contributed by atoms with E-state index in [9.17, 15) is 167 Å². The number of phenolic OH excluding ortho intramolecular Hbond substituents is 2. The molecule has 0 saturated carbocycles. The Morgan fingerprint density at radius 3 is 1.08 bits per heavy atom. The summed E-state index contributed by atoms with van der Waals surface area (Å²) < 4.78 is 0. The standard InChI is InChI=1S/C85H134N24O34/c1-38(2)26-51(97-75(132)55(33-112)101-69(126)49(12-9-23-89-84(87)142)95-74(131)57(35-114)103-81(138)65(43(8)118)108-68(125)48(86)31-110)73(130)98-52(27-44-15-19-46(119)20-16-44)71(128)93-40(5)66(123)100-54(32-111)76(133)104-58(36-115)82(139)109-25-11-14-60(109)78(135)92-29-61(121)91-30-62(122)106-63(39(3)4)79(136)99-53(28-45-17-21-47(120)22-18-45)72(129)94-41(6)67(124)107-64(42(7)117)80(137)96-50(13-10-24-90-85(88)143)70(127)102-56(34-113)77(134)105-59(37-116)83(140)141/h15-22,38-43,48-60,63-65,110-120H,9-14,23-37,86H2,1-8H3,(H,91,121)(H,92,135)(H,93,128)(H,94,129)(H,95,131)(H,96,137)(H,97,132)(H,98,130)(H,99,136)(H,100,123)(H,101,126)(H,102,127)(H,103,138)(H,104,133)(H,105,134)(H,106,122)(H,107,124)(H,108,125)(H,140,141)(H3,87,89,142)(H3,88,90,143)/t40-,41-,42+,43+,48-,49-,50-,51-,52-,53-,54-,55-,56-,57-,58-,59-,60-,63-,64-,65-/m0/s1. The summed E-state index contributed by atoms with van der Waals surface area (Å²) in [4.78, 5) is 296. The van der Waals surface area contributed by atoms with Crippen LogP contribution in [0.2, 0.25) is 0 Å². The van der Waals surface area contributed by atoms with Gasteiger partial charge in [-0.15, -0.1) is 0 Å². The molecular formula is C85H134N24O34. The molecule has 1 aliphatic heterocycles. The van der Waals surface area contributed by atoms with E-state index in [0.717, 1.165) is 32.6 Å². The monoisotopic (exact) mass is 2030 g/mol. The Labute approximate surface area is 818 Å². The van der Waals surface area contributed by atoms with E-state index in [0.29, 0.717) is 11.1 Å².